The average Bonchev–Trinajstić information content (AvgIpc) is 3.82. The van der Waals surface area contributed by atoms with E-state index in [-0.39, 0.29) is 40.3 Å². The molecule has 3 heterocycles. The molecule has 1 unspecified atom stereocenters. The number of amides is 1. The van der Waals surface area contributed by atoms with Crippen molar-refractivity contribution in [1.29, 1.82) is 0 Å². The molecule has 2 fully saturated rings. The summed E-state index contributed by atoms with van der Waals surface area (Å²) in [6, 6.07) is 17.1. The summed E-state index contributed by atoms with van der Waals surface area (Å²) >= 11 is 0. The van der Waals surface area contributed by atoms with E-state index in [1.807, 2.05) is 52.8 Å². The van der Waals surface area contributed by atoms with Gasteiger partial charge in [-0.3, -0.25) is 14.4 Å². The summed E-state index contributed by atoms with van der Waals surface area (Å²) in [6.45, 7) is 8.35. The Bertz CT molecular complexity index is 1980. The molecule has 55 heavy (non-hydrogen) atoms. The third kappa shape index (κ3) is 8.42. The first-order chi connectivity index (χ1) is 26.6. The van der Waals surface area contributed by atoms with Crippen LogP contribution in [0.1, 0.15) is 66.1 Å². The number of nitrogens with zero attached hydrogens (tertiary/aromatic N) is 4. The number of hydrogen-bond acceptors (Lipinski definition) is 11. The SMILES string of the molecule is CCOCCn1c(C(=O)C2CCN(CCC3(c4ccc(OC)c(OC)c4)CCN(C(=O)c4cc(OC)c(OC(C)=O)c(OC)c4)C3)CC2)nc2ccccc21. The third-order valence-electron chi connectivity index (χ3n) is 11.0. The summed E-state index contributed by atoms with van der Waals surface area (Å²) in [6.07, 6.45) is 3.01. The molecule has 0 N–H and O–H groups in total. The number of benzene rings is 3. The molecular formula is C42H52N4O9. The number of imidazole rings is 1. The first kappa shape index (κ1) is 39.6. The Balaban J connectivity index is 1.19. The number of para-hydroxylation sites is 2. The number of methoxy groups -OCH3 is 4. The van der Waals surface area contributed by atoms with Crippen molar-refractivity contribution in [2.75, 3.05) is 74.4 Å². The predicted molar refractivity (Wildman–Crippen MR) is 207 cm³/mol. The van der Waals surface area contributed by atoms with E-state index >= 15 is 0 Å². The fraction of sp³-hybridized carbons (Fsp3) is 0.476. The molecule has 294 valence electrons. The summed E-state index contributed by atoms with van der Waals surface area (Å²) in [5.74, 6) is 1.64. The zero-order valence-corrected chi connectivity index (χ0v) is 32.7. The van der Waals surface area contributed by atoms with Gasteiger partial charge in [0.25, 0.3) is 5.91 Å². The minimum atomic E-state index is -0.528. The Labute approximate surface area is 322 Å². The van der Waals surface area contributed by atoms with E-state index in [2.05, 4.69) is 11.0 Å². The van der Waals surface area contributed by atoms with Crippen molar-refractivity contribution in [3.05, 3.63) is 71.5 Å². The summed E-state index contributed by atoms with van der Waals surface area (Å²) in [7, 11) is 6.14. The third-order valence-corrected chi connectivity index (χ3v) is 11.0. The second kappa shape index (κ2) is 17.5. The highest BCUT2D eigenvalue weighted by atomic mass is 16.6. The van der Waals surface area contributed by atoms with Gasteiger partial charge in [0.05, 0.1) is 46.1 Å². The lowest BCUT2D eigenvalue weighted by molar-refractivity contribution is -0.132. The number of likely N-dealkylation sites (tertiary alicyclic amines) is 2. The molecular weight excluding hydrogens is 704 g/mol. The molecule has 13 heteroatoms. The normalized spacial score (nSPS) is 17.7. The first-order valence-electron chi connectivity index (χ1n) is 18.9. The van der Waals surface area contributed by atoms with E-state index in [9.17, 15) is 14.4 Å². The zero-order valence-electron chi connectivity index (χ0n) is 32.7. The molecule has 0 aliphatic carbocycles. The standard InChI is InChI=1S/C42H52N4O9/c1-7-54-23-22-46-33-11-9-8-10-32(33)43-40(46)38(48)29-14-18-44(19-15-29)20-16-42(31-12-13-34(50-3)35(26-31)51-4)17-21-45(27-42)41(49)30-24-36(52-5)39(55-28(2)47)37(25-30)53-6/h8-13,24-26,29H,7,14-23,27H2,1-6H3. The van der Waals surface area contributed by atoms with Crippen molar-refractivity contribution in [2.24, 2.45) is 5.92 Å². The van der Waals surface area contributed by atoms with E-state index in [0.29, 0.717) is 55.7 Å². The van der Waals surface area contributed by atoms with Gasteiger partial charge in [-0.1, -0.05) is 18.2 Å². The topological polar surface area (TPSA) is 131 Å². The van der Waals surface area contributed by atoms with Crippen LogP contribution in [0.25, 0.3) is 11.0 Å². The molecule has 13 nitrogen and oxygen atoms in total. The number of hydrogen-bond donors (Lipinski definition) is 0. The minimum Gasteiger partial charge on any atom is -0.493 e. The fourth-order valence-electron chi connectivity index (χ4n) is 7.99. The van der Waals surface area contributed by atoms with Crippen LogP contribution in [-0.4, -0.2) is 111 Å². The Morgan fingerprint density at radius 2 is 1.53 bits per heavy atom. The smallest absolute Gasteiger partial charge is 0.308 e. The highest BCUT2D eigenvalue weighted by Gasteiger charge is 2.43. The molecule has 1 amide bonds. The van der Waals surface area contributed by atoms with Crippen LogP contribution in [0.2, 0.25) is 0 Å². The summed E-state index contributed by atoms with van der Waals surface area (Å²) in [5.41, 5.74) is 2.83. The molecule has 1 atom stereocenters. The number of esters is 1. The van der Waals surface area contributed by atoms with Gasteiger partial charge in [0.15, 0.2) is 28.8 Å². The van der Waals surface area contributed by atoms with Crippen LogP contribution < -0.4 is 23.7 Å². The maximum Gasteiger partial charge on any atom is 0.308 e. The van der Waals surface area contributed by atoms with Gasteiger partial charge in [0, 0.05) is 50.1 Å². The predicted octanol–water partition coefficient (Wildman–Crippen LogP) is 5.80. The average molecular weight is 757 g/mol. The Hall–Kier alpha value is -5.14. The van der Waals surface area contributed by atoms with Crippen molar-refractivity contribution in [2.45, 2.75) is 51.5 Å². The van der Waals surface area contributed by atoms with Crippen LogP contribution in [0.5, 0.6) is 28.7 Å². The van der Waals surface area contributed by atoms with E-state index in [0.717, 1.165) is 61.9 Å². The quantitative estimate of drug-likeness (QED) is 0.0595. The Morgan fingerprint density at radius 1 is 0.836 bits per heavy atom. The van der Waals surface area contributed by atoms with E-state index in [1.54, 1.807) is 26.4 Å². The highest BCUT2D eigenvalue weighted by molar-refractivity contribution is 5.98. The molecule has 6 rings (SSSR count). The number of aromatic nitrogens is 2. The van der Waals surface area contributed by atoms with Crippen LogP contribution in [0.15, 0.2) is 54.6 Å². The molecule has 3 aromatic carbocycles. The number of piperidine rings is 1. The number of carbonyl (C=O) groups is 3. The zero-order chi connectivity index (χ0) is 39.1. The monoisotopic (exact) mass is 756 g/mol. The minimum absolute atomic E-state index is 0.0910. The summed E-state index contributed by atoms with van der Waals surface area (Å²) < 4.78 is 35.3. The van der Waals surface area contributed by atoms with Crippen LogP contribution in [-0.2, 0) is 21.5 Å². The molecule has 0 saturated carbocycles. The van der Waals surface area contributed by atoms with Crippen molar-refractivity contribution in [1.82, 2.24) is 19.4 Å². The van der Waals surface area contributed by atoms with Crippen LogP contribution in [0, 0.1) is 5.92 Å². The maximum absolute atomic E-state index is 14.1. The number of fused-ring (bicyclic) bond motifs is 1. The summed E-state index contributed by atoms with van der Waals surface area (Å²) in [4.78, 5) is 49.0. The Morgan fingerprint density at radius 3 is 2.18 bits per heavy atom. The lowest BCUT2D eigenvalue weighted by Crippen LogP contribution is -2.41. The molecule has 0 bridgehead atoms. The van der Waals surface area contributed by atoms with E-state index in [4.69, 9.17) is 33.4 Å². The van der Waals surface area contributed by atoms with E-state index in [1.165, 1.54) is 21.1 Å². The molecule has 2 saturated heterocycles. The fourth-order valence-corrected chi connectivity index (χ4v) is 7.99. The van der Waals surface area contributed by atoms with Crippen molar-refractivity contribution in [3.8, 4) is 28.7 Å². The maximum atomic E-state index is 14.1. The number of ether oxygens (including phenoxy) is 6. The Kier molecular flexibility index (Phi) is 12.6. The molecule has 0 radical (unpaired) electrons. The van der Waals surface area contributed by atoms with Crippen molar-refractivity contribution in [3.63, 3.8) is 0 Å². The number of rotatable bonds is 16. The number of ketones is 1. The molecule has 2 aliphatic heterocycles. The number of Topliss-reactive ketones (excluding diaryl/α,β-unsaturated/α-hetero) is 1. The number of carbonyl (C=O) groups excluding carboxylic acids is 3. The first-order valence-corrected chi connectivity index (χ1v) is 18.9. The van der Waals surface area contributed by atoms with Gasteiger partial charge in [-0.25, -0.2) is 4.98 Å². The van der Waals surface area contributed by atoms with Gasteiger partial charge in [-0.2, -0.15) is 0 Å². The van der Waals surface area contributed by atoms with Gasteiger partial charge in [-0.15, -0.1) is 0 Å². The second-order valence-electron chi connectivity index (χ2n) is 14.1. The molecule has 2 aliphatic rings. The highest BCUT2D eigenvalue weighted by Crippen LogP contribution is 2.44. The second-order valence-corrected chi connectivity index (χ2v) is 14.1. The van der Waals surface area contributed by atoms with Gasteiger partial charge >= 0.3 is 5.97 Å². The van der Waals surface area contributed by atoms with E-state index < -0.39 is 5.97 Å². The largest absolute Gasteiger partial charge is 0.493 e. The van der Waals surface area contributed by atoms with Gasteiger partial charge in [0.2, 0.25) is 11.5 Å². The summed E-state index contributed by atoms with van der Waals surface area (Å²) in [5, 5.41) is 0. The van der Waals surface area contributed by atoms with Crippen LogP contribution >= 0.6 is 0 Å². The van der Waals surface area contributed by atoms with Crippen LogP contribution in [0.4, 0.5) is 0 Å². The van der Waals surface area contributed by atoms with Crippen LogP contribution in [0.3, 0.4) is 0 Å². The van der Waals surface area contributed by atoms with Crippen molar-refractivity contribution < 1.29 is 42.8 Å². The molecule has 0 spiro atoms. The molecule has 1 aromatic heterocycles. The lowest BCUT2D eigenvalue weighted by Gasteiger charge is -2.36. The van der Waals surface area contributed by atoms with Crippen molar-refractivity contribution >= 4 is 28.7 Å². The lowest BCUT2D eigenvalue weighted by atomic mass is 9.76. The van der Waals surface area contributed by atoms with Gasteiger partial charge in [-0.05, 0) is 94.2 Å². The molecule has 4 aromatic rings. The van der Waals surface area contributed by atoms with Gasteiger partial charge in [0.1, 0.15) is 0 Å². The van der Waals surface area contributed by atoms with Gasteiger partial charge < -0.3 is 42.8 Å².